The molecule has 1 aliphatic heterocycles. The van der Waals surface area contributed by atoms with Crippen molar-refractivity contribution >= 4 is 29.1 Å². The average molecular weight is 411 g/mol. The standard InChI is InChI=1S/C19H24Cl2N4O2/c1-13-9-16(23-27-13)11-24-5-7-25(8-6-24)12-19(26)22-14(2)17-4-3-15(20)10-18(17)21/h3-4,9-10,14H,5-8,11-12H2,1-2H3,(H,22,26)/t14-/m0/s1. The highest BCUT2D eigenvalue weighted by atomic mass is 35.5. The Kier molecular flexibility index (Phi) is 6.76. The fourth-order valence-corrected chi connectivity index (χ4v) is 3.82. The number of amides is 1. The number of aryl methyl sites for hydroxylation is 1. The summed E-state index contributed by atoms with van der Waals surface area (Å²) >= 11 is 12.1. The number of hydrogen-bond acceptors (Lipinski definition) is 5. The Bertz CT molecular complexity index is 788. The second-order valence-electron chi connectivity index (χ2n) is 6.94. The van der Waals surface area contributed by atoms with E-state index in [0.29, 0.717) is 16.6 Å². The summed E-state index contributed by atoms with van der Waals surface area (Å²) in [6.07, 6.45) is 0. The number of nitrogens with zero attached hydrogens (tertiary/aromatic N) is 3. The monoisotopic (exact) mass is 410 g/mol. The van der Waals surface area contributed by atoms with Crippen molar-refractivity contribution in [3.05, 3.63) is 51.3 Å². The number of halogens is 2. The van der Waals surface area contributed by atoms with Crippen molar-refractivity contribution in [3.63, 3.8) is 0 Å². The number of nitrogens with one attached hydrogen (secondary N) is 1. The van der Waals surface area contributed by atoms with Crippen LogP contribution in [0.25, 0.3) is 0 Å². The van der Waals surface area contributed by atoms with Crippen molar-refractivity contribution in [2.45, 2.75) is 26.4 Å². The van der Waals surface area contributed by atoms with Gasteiger partial charge in [0.2, 0.25) is 5.91 Å². The molecular formula is C19H24Cl2N4O2. The van der Waals surface area contributed by atoms with E-state index in [0.717, 1.165) is 49.7 Å². The van der Waals surface area contributed by atoms with Crippen molar-refractivity contribution < 1.29 is 9.32 Å². The number of carbonyl (C=O) groups excluding carboxylic acids is 1. The maximum absolute atomic E-state index is 12.4. The smallest absolute Gasteiger partial charge is 0.234 e. The lowest BCUT2D eigenvalue weighted by Crippen LogP contribution is -2.49. The third-order valence-electron chi connectivity index (χ3n) is 4.70. The Hall–Kier alpha value is -1.60. The van der Waals surface area contributed by atoms with Gasteiger partial charge in [0.05, 0.1) is 18.3 Å². The lowest BCUT2D eigenvalue weighted by Gasteiger charge is -2.34. The summed E-state index contributed by atoms with van der Waals surface area (Å²) in [4.78, 5) is 16.9. The van der Waals surface area contributed by atoms with Crippen LogP contribution in [-0.2, 0) is 11.3 Å². The van der Waals surface area contributed by atoms with Crippen LogP contribution in [0, 0.1) is 6.92 Å². The van der Waals surface area contributed by atoms with Crippen LogP contribution in [0.15, 0.2) is 28.8 Å². The number of piperazine rings is 1. The van der Waals surface area contributed by atoms with Gasteiger partial charge in [-0.2, -0.15) is 0 Å². The van der Waals surface area contributed by atoms with Gasteiger partial charge in [-0.3, -0.25) is 14.6 Å². The second kappa shape index (κ2) is 9.06. The maximum atomic E-state index is 12.4. The van der Waals surface area contributed by atoms with Crippen molar-refractivity contribution in [2.75, 3.05) is 32.7 Å². The summed E-state index contributed by atoms with van der Waals surface area (Å²) in [7, 11) is 0. The predicted molar refractivity (Wildman–Crippen MR) is 106 cm³/mol. The summed E-state index contributed by atoms with van der Waals surface area (Å²) in [5.74, 6) is 0.823. The largest absolute Gasteiger partial charge is 0.361 e. The Morgan fingerprint density at radius 3 is 2.56 bits per heavy atom. The fraction of sp³-hybridized carbons (Fsp3) is 0.474. The third-order valence-corrected chi connectivity index (χ3v) is 5.26. The van der Waals surface area contributed by atoms with Crippen LogP contribution in [0.4, 0.5) is 0 Å². The van der Waals surface area contributed by atoms with E-state index in [9.17, 15) is 4.79 Å². The van der Waals surface area contributed by atoms with E-state index < -0.39 is 0 Å². The van der Waals surface area contributed by atoms with Gasteiger partial charge in [-0.1, -0.05) is 34.4 Å². The molecule has 0 spiro atoms. The molecule has 1 atom stereocenters. The van der Waals surface area contributed by atoms with Crippen LogP contribution in [0.3, 0.4) is 0 Å². The van der Waals surface area contributed by atoms with Crippen molar-refractivity contribution in [1.82, 2.24) is 20.3 Å². The number of rotatable bonds is 6. The summed E-state index contributed by atoms with van der Waals surface area (Å²) in [5, 5.41) is 8.20. The minimum Gasteiger partial charge on any atom is -0.361 e. The summed E-state index contributed by atoms with van der Waals surface area (Å²) in [6.45, 7) is 8.47. The average Bonchev–Trinajstić information content (AvgIpc) is 3.01. The first kappa shape index (κ1) is 20.1. The van der Waals surface area contributed by atoms with E-state index in [1.54, 1.807) is 12.1 Å². The fourth-order valence-electron chi connectivity index (χ4n) is 3.25. The molecule has 1 amide bonds. The predicted octanol–water partition coefficient (Wildman–Crippen LogP) is 3.28. The van der Waals surface area contributed by atoms with Crippen molar-refractivity contribution in [3.8, 4) is 0 Å². The first-order valence-electron chi connectivity index (χ1n) is 9.02. The van der Waals surface area contributed by atoms with Gasteiger partial charge in [0.15, 0.2) is 0 Å². The highest BCUT2D eigenvalue weighted by Gasteiger charge is 2.21. The molecule has 0 saturated carbocycles. The summed E-state index contributed by atoms with van der Waals surface area (Å²) < 4.78 is 5.11. The molecule has 27 heavy (non-hydrogen) atoms. The van der Waals surface area contributed by atoms with Gasteiger partial charge in [0, 0.05) is 48.8 Å². The van der Waals surface area contributed by atoms with E-state index in [1.165, 1.54) is 0 Å². The normalized spacial score (nSPS) is 17.0. The molecule has 8 heteroatoms. The van der Waals surface area contributed by atoms with Gasteiger partial charge < -0.3 is 9.84 Å². The minimum absolute atomic E-state index is 0.00547. The molecule has 0 unspecified atom stereocenters. The molecule has 2 aromatic rings. The van der Waals surface area contributed by atoms with Gasteiger partial charge in [-0.05, 0) is 31.5 Å². The topological polar surface area (TPSA) is 61.6 Å². The van der Waals surface area contributed by atoms with Gasteiger partial charge in [-0.25, -0.2) is 0 Å². The molecule has 0 bridgehead atoms. The second-order valence-corrected chi connectivity index (χ2v) is 7.78. The number of benzene rings is 1. The lowest BCUT2D eigenvalue weighted by atomic mass is 10.1. The molecule has 3 rings (SSSR count). The Balaban J connectivity index is 1.43. The maximum Gasteiger partial charge on any atom is 0.234 e. The zero-order chi connectivity index (χ0) is 19.4. The lowest BCUT2D eigenvalue weighted by molar-refractivity contribution is -0.123. The molecule has 1 aliphatic rings. The van der Waals surface area contributed by atoms with Crippen molar-refractivity contribution in [2.24, 2.45) is 0 Å². The number of aromatic nitrogens is 1. The Morgan fingerprint density at radius 1 is 1.22 bits per heavy atom. The van der Waals surface area contributed by atoms with Crippen LogP contribution in [0.5, 0.6) is 0 Å². The molecule has 146 valence electrons. The molecule has 0 radical (unpaired) electrons. The van der Waals surface area contributed by atoms with Gasteiger partial charge in [-0.15, -0.1) is 0 Å². The van der Waals surface area contributed by atoms with Crippen LogP contribution < -0.4 is 5.32 Å². The van der Waals surface area contributed by atoms with Crippen molar-refractivity contribution in [1.29, 1.82) is 0 Å². The van der Waals surface area contributed by atoms with E-state index in [-0.39, 0.29) is 11.9 Å². The SMILES string of the molecule is Cc1cc(CN2CCN(CC(=O)N[C@@H](C)c3ccc(Cl)cc3Cl)CC2)no1. The van der Waals surface area contributed by atoms with E-state index >= 15 is 0 Å². The van der Waals surface area contributed by atoms with Crippen LogP contribution >= 0.6 is 23.2 Å². The minimum atomic E-state index is -0.168. The molecule has 1 aromatic heterocycles. The molecule has 0 aliphatic carbocycles. The highest BCUT2D eigenvalue weighted by molar-refractivity contribution is 6.35. The zero-order valence-electron chi connectivity index (χ0n) is 15.5. The molecule has 1 saturated heterocycles. The van der Waals surface area contributed by atoms with E-state index in [2.05, 4.69) is 20.3 Å². The van der Waals surface area contributed by atoms with Crippen LogP contribution in [-0.4, -0.2) is 53.6 Å². The van der Waals surface area contributed by atoms with Gasteiger partial charge >= 0.3 is 0 Å². The molecule has 1 fully saturated rings. The number of carbonyl (C=O) groups is 1. The van der Waals surface area contributed by atoms with Crippen LogP contribution in [0.2, 0.25) is 10.0 Å². The zero-order valence-corrected chi connectivity index (χ0v) is 17.1. The van der Waals surface area contributed by atoms with Crippen LogP contribution in [0.1, 0.15) is 30.0 Å². The molecule has 1 aromatic carbocycles. The quantitative estimate of drug-likeness (QED) is 0.791. The Morgan fingerprint density at radius 2 is 1.93 bits per heavy atom. The van der Waals surface area contributed by atoms with Gasteiger partial charge in [0.1, 0.15) is 5.76 Å². The summed E-state index contributed by atoms with van der Waals surface area (Å²) in [6, 6.07) is 7.11. The number of hydrogen-bond donors (Lipinski definition) is 1. The first-order chi connectivity index (χ1) is 12.9. The molecule has 6 nitrogen and oxygen atoms in total. The molecular weight excluding hydrogens is 387 g/mol. The first-order valence-corrected chi connectivity index (χ1v) is 9.77. The highest BCUT2D eigenvalue weighted by Crippen LogP contribution is 2.26. The summed E-state index contributed by atoms with van der Waals surface area (Å²) in [5.41, 5.74) is 1.81. The van der Waals surface area contributed by atoms with E-state index in [4.69, 9.17) is 27.7 Å². The van der Waals surface area contributed by atoms with E-state index in [1.807, 2.05) is 26.0 Å². The Labute approximate surface area is 169 Å². The molecule has 2 heterocycles. The third kappa shape index (κ3) is 5.69. The van der Waals surface area contributed by atoms with Gasteiger partial charge in [0.25, 0.3) is 0 Å². The molecule has 1 N–H and O–H groups in total.